The van der Waals surface area contributed by atoms with Crippen LogP contribution in [-0.2, 0) is 14.4 Å². The van der Waals surface area contributed by atoms with E-state index in [-0.39, 0.29) is 17.9 Å². The Hall–Kier alpha value is -2.57. The molecule has 0 saturated heterocycles. The molecule has 0 heterocycles. The van der Waals surface area contributed by atoms with E-state index in [1.165, 1.54) is 0 Å². The molecule has 1 rings (SSSR count). The van der Waals surface area contributed by atoms with Crippen molar-refractivity contribution in [2.45, 2.75) is 39.2 Å². The molecule has 0 radical (unpaired) electrons. The van der Waals surface area contributed by atoms with E-state index in [0.29, 0.717) is 31.6 Å². The van der Waals surface area contributed by atoms with Crippen molar-refractivity contribution in [2.75, 3.05) is 13.2 Å². The summed E-state index contributed by atoms with van der Waals surface area (Å²) in [6.45, 7) is 3.91. The van der Waals surface area contributed by atoms with Crippen molar-refractivity contribution < 1.29 is 24.2 Å². The van der Waals surface area contributed by atoms with E-state index in [1.807, 2.05) is 13.8 Å². The number of rotatable bonds is 10. The maximum atomic E-state index is 11.9. The van der Waals surface area contributed by atoms with Gasteiger partial charge in [0.2, 0.25) is 11.8 Å². The first-order valence-electron chi connectivity index (χ1n) is 7.93. The van der Waals surface area contributed by atoms with Crippen molar-refractivity contribution in [2.24, 2.45) is 0 Å². The highest BCUT2D eigenvalue weighted by Crippen LogP contribution is 2.17. The van der Waals surface area contributed by atoms with E-state index >= 15 is 0 Å². The molecule has 7 heteroatoms. The topological polar surface area (TPSA) is 105 Å². The van der Waals surface area contributed by atoms with Crippen LogP contribution in [-0.4, -0.2) is 36.0 Å². The molecular formula is C17H24N2O5. The van der Waals surface area contributed by atoms with Gasteiger partial charge in [-0.2, -0.15) is 0 Å². The summed E-state index contributed by atoms with van der Waals surface area (Å²) in [4.78, 5) is 33.6. The minimum atomic E-state index is -1.03. The first-order chi connectivity index (χ1) is 11.4. The lowest BCUT2D eigenvalue weighted by Crippen LogP contribution is -2.27. The molecule has 0 spiro atoms. The zero-order valence-electron chi connectivity index (χ0n) is 14.0. The van der Waals surface area contributed by atoms with Gasteiger partial charge >= 0.3 is 5.97 Å². The third kappa shape index (κ3) is 7.62. The molecule has 7 nitrogen and oxygen atoms in total. The molecule has 1 aromatic rings. The Morgan fingerprint density at radius 2 is 1.75 bits per heavy atom. The van der Waals surface area contributed by atoms with Crippen molar-refractivity contribution in [3.05, 3.63) is 29.8 Å². The lowest BCUT2D eigenvalue weighted by molar-refractivity contribution is -0.139. The van der Waals surface area contributed by atoms with Crippen LogP contribution >= 0.6 is 0 Å². The number of ether oxygens (including phenoxy) is 1. The SMILES string of the molecule is CCNC(=O)CCCC(=O)NC(C)c1ccc(OCC(=O)O)cc1. The highest BCUT2D eigenvalue weighted by Gasteiger charge is 2.10. The van der Waals surface area contributed by atoms with E-state index in [4.69, 9.17) is 9.84 Å². The maximum Gasteiger partial charge on any atom is 0.341 e. The Bertz CT molecular complexity index is 557. The van der Waals surface area contributed by atoms with Crippen LogP contribution in [0.4, 0.5) is 0 Å². The van der Waals surface area contributed by atoms with Crippen LogP contribution in [0.25, 0.3) is 0 Å². The summed E-state index contributed by atoms with van der Waals surface area (Å²) in [5, 5.41) is 14.1. The number of carbonyl (C=O) groups excluding carboxylic acids is 2. The minimum absolute atomic E-state index is 0.0460. The van der Waals surface area contributed by atoms with Crippen LogP contribution in [0.1, 0.15) is 44.7 Å². The molecule has 24 heavy (non-hydrogen) atoms. The third-order valence-electron chi connectivity index (χ3n) is 3.30. The maximum absolute atomic E-state index is 11.9. The van der Waals surface area contributed by atoms with Gasteiger partial charge in [0.25, 0.3) is 0 Å². The second-order valence-corrected chi connectivity index (χ2v) is 5.35. The standard InChI is InChI=1S/C17H24N2O5/c1-3-18-15(20)5-4-6-16(21)19-12(2)13-7-9-14(10-8-13)24-11-17(22)23/h7-10,12H,3-6,11H2,1-2H3,(H,18,20)(H,19,21)(H,22,23). The van der Waals surface area contributed by atoms with Crippen LogP contribution in [0, 0.1) is 0 Å². The fraction of sp³-hybridized carbons (Fsp3) is 0.471. The number of carboxylic acids is 1. The van der Waals surface area contributed by atoms with Crippen molar-refractivity contribution in [1.82, 2.24) is 10.6 Å². The van der Waals surface area contributed by atoms with E-state index in [2.05, 4.69) is 10.6 Å². The van der Waals surface area contributed by atoms with Gasteiger partial charge in [0.15, 0.2) is 6.61 Å². The van der Waals surface area contributed by atoms with Crippen molar-refractivity contribution >= 4 is 17.8 Å². The van der Waals surface area contributed by atoms with E-state index in [9.17, 15) is 14.4 Å². The Kier molecular flexibility index (Phi) is 8.32. The predicted octanol–water partition coefficient (Wildman–Crippen LogP) is 1.63. The van der Waals surface area contributed by atoms with Gasteiger partial charge in [0.05, 0.1) is 6.04 Å². The Labute approximate surface area is 141 Å². The Morgan fingerprint density at radius 3 is 2.33 bits per heavy atom. The van der Waals surface area contributed by atoms with E-state index in [1.54, 1.807) is 24.3 Å². The Balaban J connectivity index is 2.38. The van der Waals surface area contributed by atoms with Gasteiger partial charge < -0.3 is 20.5 Å². The summed E-state index contributed by atoms with van der Waals surface area (Å²) in [5.41, 5.74) is 0.884. The van der Waals surface area contributed by atoms with E-state index < -0.39 is 12.6 Å². The van der Waals surface area contributed by atoms with Crippen molar-refractivity contribution in [1.29, 1.82) is 0 Å². The minimum Gasteiger partial charge on any atom is -0.482 e. The summed E-state index contributed by atoms with van der Waals surface area (Å²) in [6.07, 6.45) is 1.14. The number of carboxylic acid groups (broad SMARTS) is 1. The fourth-order valence-corrected chi connectivity index (χ4v) is 2.09. The van der Waals surface area contributed by atoms with Gasteiger partial charge in [-0.25, -0.2) is 4.79 Å². The smallest absolute Gasteiger partial charge is 0.341 e. The lowest BCUT2D eigenvalue weighted by atomic mass is 10.1. The first-order valence-corrected chi connectivity index (χ1v) is 7.93. The van der Waals surface area contributed by atoms with Gasteiger partial charge in [0, 0.05) is 19.4 Å². The molecule has 1 atom stereocenters. The molecular weight excluding hydrogens is 312 g/mol. The number of carbonyl (C=O) groups is 3. The average Bonchev–Trinajstić information content (AvgIpc) is 2.53. The van der Waals surface area contributed by atoms with Crippen molar-refractivity contribution in [3.8, 4) is 5.75 Å². The predicted molar refractivity (Wildman–Crippen MR) is 88.7 cm³/mol. The highest BCUT2D eigenvalue weighted by molar-refractivity contribution is 5.79. The second-order valence-electron chi connectivity index (χ2n) is 5.35. The second kappa shape index (κ2) is 10.3. The van der Waals surface area contributed by atoms with E-state index in [0.717, 1.165) is 5.56 Å². The monoisotopic (exact) mass is 336 g/mol. The van der Waals surface area contributed by atoms with Gasteiger partial charge in [-0.1, -0.05) is 12.1 Å². The molecule has 2 amide bonds. The summed E-state index contributed by atoms with van der Waals surface area (Å²) in [6, 6.07) is 6.69. The number of benzene rings is 1. The van der Waals surface area contributed by atoms with Gasteiger partial charge in [-0.3, -0.25) is 9.59 Å². The highest BCUT2D eigenvalue weighted by atomic mass is 16.5. The number of aliphatic carboxylic acids is 1. The molecule has 0 fully saturated rings. The summed E-state index contributed by atoms with van der Waals surface area (Å²) < 4.78 is 5.05. The van der Waals surface area contributed by atoms with Crippen LogP contribution in [0.5, 0.6) is 5.75 Å². The number of hydrogen-bond acceptors (Lipinski definition) is 4. The van der Waals surface area contributed by atoms with Crippen LogP contribution < -0.4 is 15.4 Å². The largest absolute Gasteiger partial charge is 0.482 e. The van der Waals surface area contributed by atoms with Gasteiger partial charge in [-0.05, 0) is 38.0 Å². The molecule has 0 aliphatic carbocycles. The summed E-state index contributed by atoms with van der Waals surface area (Å²) in [5.74, 6) is -0.734. The zero-order valence-corrected chi connectivity index (χ0v) is 14.0. The average molecular weight is 336 g/mol. The van der Waals surface area contributed by atoms with Crippen LogP contribution in [0.2, 0.25) is 0 Å². The molecule has 0 bridgehead atoms. The van der Waals surface area contributed by atoms with Crippen molar-refractivity contribution in [3.63, 3.8) is 0 Å². The molecule has 1 aromatic carbocycles. The van der Waals surface area contributed by atoms with Gasteiger partial charge in [-0.15, -0.1) is 0 Å². The normalized spacial score (nSPS) is 11.4. The molecule has 0 aliphatic rings. The van der Waals surface area contributed by atoms with Crippen LogP contribution in [0.15, 0.2) is 24.3 Å². The number of hydrogen-bond donors (Lipinski definition) is 3. The quantitative estimate of drug-likeness (QED) is 0.602. The lowest BCUT2D eigenvalue weighted by Gasteiger charge is -2.15. The molecule has 0 saturated carbocycles. The fourth-order valence-electron chi connectivity index (χ4n) is 2.09. The number of nitrogens with one attached hydrogen (secondary N) is 2. The van der Waals surface area contributed by atoms with Crippen LogP contribution in [0.3, 0.4) is 0 Å². The summed E-state index contributed by atoms with van der Waals surface area (Å²) >= 11 is 0. The zero-order chi connectivity index (χ0) is 17.9. The third-order valence-corrected chi connectivity index (χ3v) is 3.30. The molecule has 132 valence electrons. The first kappa shape index (κ1) is 19.5. The number of amides is 2. The molecule has 1 unspecified atom stereocenters. The summed E-state index contributed by atoms with van der Waals surface area (Å²) in [7, 11) is 0. The van der Waals surface area contributed by atoms with Gasteiger partial charge in [0.1, 0.15) is 5.75 Å². The molecule has 0 aromatic heterocycles. The Morgan fingerprint density at radius 1 is 1.12 bits per heavy atom. The molecule has 0 aliphatic heterocycles. The molecule has 3 N–H and O–H groups in total.